The number of rotatable bonds is 5. The number of carbonyl (C=O) groups is 1. The summed E-state index contributed by atoms with van der Waals surface area (Å²) in [5.74, 6) is -0.105. The zero-order chi connectivity index (χ0) is 17.2. The van der Waals surface area contributed by atoms with E-state index >= 15 is 0 Å². The molecule has 4 aromatic rings. The summed E-state index contributed by atoms with van der Waals surface area (Å²) in [4.78, 5) is 26.4. The molecule has 0 aliphatic heterocycles. The van der Waals surface area contributed by atoms with Crippen LogP contribution in [-0.4, -0.2) is 31.8 Å². The van der Waals surface area contributed by atoms with Crippen molar-refractivity contribution in [3.63, 3.8) is 0 Å². The number of thiazole rings is 2. The van der Waals surface area contributed by atoms with Gasteiger partial charge in [0.15, 0.2) is 4.96 Å². The van der Waals surface area contributed by atoms with Gasteiger partial charge in [-0.3, -0.25) is 14.2 Å². The van der Waals surface area contributed by atoms with E-state index in [1.807, 2.05) is 40.4 Å². The van der Waals surface area contributed by atoms with E-state index < -0.39 is 0 Å². The van der Waals surface area contributed by atoms with Crippen molar-refractivity contribution >= 4 is 33.5 Å². The molecule has 0 aliphatic carbocycles. The minimum Gasteiger partial charge on any atom is -0.350 e. The smallest absolute Gasteiger partial charge is 0.270 e. The van der Waals surface area contributed by atoms with Crippen molar-refractivity contribution in [2.24, 2.45) is 0 Å². The molecule has 0 aliphatic rings. The Labute approximate surface area is 152 Å². The number of hydrogen-bond donors (Lipinski definition) is 1. The summed E-state index contributed by atoms with van der Waals surface area (Å²) < 4.78 is 1.83. The van der Waals surface area contributed by atoms with E-state index in [-0.39, 0.29) is 5.91 Å². The first-order valence-corrected chi connectivity index (χ1v) is 9.53. The Hall–Kier alpha value is -2.58. The van der Waals surface area contributed by atoms with Crippen LogP contribution >= 0.6 is 22.7 Å². The van der Waals surface area contributed by atoms with Crippen molar-refractivity contribution in [3.8, 4) is 10.6 Å². The fourth-order valence-corrected chi connectivity index (χ4v) is 4.20. The zero-order valence-electron chi connectivity index (χ0n) is 13.5. The molecule has 4 rings (SSSR count). The molecule has 0 spiro atoms. The quantitative estimate of drug-likeness (QED) is 0.586. The zero-order valence-corrected chi connectivity index (χ0v) is 15.1. The molecular weight excluding hydrogens is 354 g/mol. The highest BCUT2D eigenvalue weighted by molar-refractivity contribution is 7.15. The number of aromatic nitrogens is 4. The third-order valence-corrected chi connectivity index (χ3v) is 5.48. The Morgan fingerprint density at radius 2 is 2.24 bits per heavy atom. The van der Waals surface area contributed by atoms with Crippen LogP contribution in [0.3, 0.4) is 0 Å². The third kappa shape index (κ3) is 3.18. The van der Waals surface area contributed by atoms with Gasteiger partial charge in [-0.2, -0.15) is 0 Å². The van der Waals surface area contributed by atoms with Gasteiger partial charge in [0, 0.05) is 47.9 Å². The number of imidazole rings is 1. The summed E-state index contributed by atoms with van der Waals surface area (Å²) in [5.41, 5.74) is 3.33. The van der Waals surface area contributed by atoms with E-state index in [2.05, 4.69) is 20.3 Å². The minimum atomic E-state index is -0.105. The van der Waals surface area contributed by atoms with Gasteiger partial charge in [-0.1, -0.05) is 0 Å². The molecule has 0 unspecified atom stereocenters. The summed E-state index contributed by atoms with van der Waals surface area (Å²) in [5, 5.41) is 7.86. The van der Waals surface area contributed by atoms with Gasteiger partial charge < -0.3 is 5.32 Å². The van der Waals surface area contributed by atoms with E-state index in [4.69, 9.17) is 0 Å². The second kappa shape index (κ2) is 6.73. The van der Waals surface area contributed by atoms with Crippen molar-refractivity contribution in [2.75, 3.05) is 6.54 Å². The van der Waals surface area contributed by atoms with Crippen molar-refractivity contribution in [3.05, 3.63) is 58.6 Å². The van der Waals surface area contributed by atoms with Gasteiger partial charge in [-0.25, -0.2) is 9.97 Å². The maximum atomic E-state index is 12.5. The molecule has 0 radical (unpaired) electrons. The number of carbonyl (C=O) groups excluding carboxylic acids is 1. The van der Waals surface area contributed by atoms with E-state index in [1.165, 1.54) is 11.3 Å². The average molecular weight is 369 g/mol. The second-order valence-corrected chi connectivity index (χ2v) is 7.22. The molecule has 25 heavy (non-hydrogen) atoms. The number of amides is 1. The van der Waals surface area contributed by atoms with Gasteiger partial charge in [0.2, 0.25) is 0 Å². The molecule has 0 saturated carbocycles. The molecule has 0 bridgehead atoms. The first-order chi connectivity index (χ1) is 12.2. The summed E-state index contributed by atoms with van der Waals surface area (Å²) in [7, 11) is 0. The molecule has 6 nitrogen and oxygen atoms in total. The van der Waals surface area contributed by atoms with Gasteiger partial charge in [0.1, 0.15) is 10.7 Å². The standard InChI is InChI=1S/C17H15N5OS2/c1-11-14(22-7-8-24-17(22)20-11)15(23)19-6-4-13-10-25-16(21-13)12-3-2-5-18-9-12/h2-3,5,7-10H,4,6H2,1H3,(H,19,23). The Balaban J connectivity index is 1.39. The highest BCUT2D eigenvalue weighted by atomic mass is 32.1. The lowest BCUT2D eigenvalue weighted by Gasteiger charge is -2.04. The van der Waals surface area contributed by atoms with Gasteiger partial charge in [-0.05, 0) is 19.1 Å². The average Bonchev–Trinajstić information content (AvgIpc) is 3.31. The SMILES string of the molecule is Cc1nc2sccn2c1C(=O)NCCc1csc(-c2cccnc2)n1. The monoisotopic (exact) mass is 369 g/mol. The Morgan fingerprint density at radius 3 is 3.08 bits per heavy atom. The van der Waals surface area contributed by atoms with E-state index in [0.717, 1.165) is 26.9 Å². The number of nitrogens with one attached hydrogen (secondary N) is 1. The first-order valence-electron chi connectivity index (χ1n) is 7.77. The molecular formula is C17H15N5OS2. The largest absolute Gasteiger partial charge is 0.350 e. The number of pyridine rings is 1. The normalized spacial score (nSPS) is 11.1. The van der Waals surface area contributed by atoms with Crippen LogP contribution in [0.5, 0.6) is 0 Å². The van der Waals surface area contributed by atoms with Crippen molar-refractivity contribution < 1.29 is 4.79 Å². The molecule has 1 amide bonds. The van der Waals surface area contributed by atoms with Crippen molar-refractivity contribution in [1.29, 1.82) is 0 Å². The predicted molar refractivity (Wildman–Crippen MR) is 99.2 cm³/mol. The first kappa shape index (κ1) is 15.9. The van der Waals surface area contributed by atoms with Crippen LogP contribution in [0.2, 0.25) is 0 Å². The van der Waals surface area contributed by atoms with Crippen LogP contribution in [0.25, 0.3) is 15.5 Å². The molecule has 1 N–H and O–H groups in total. The highest BCUT2D eigenvalue weighted by Gasteiger charge is 2.16. The second-order valence-electron chi connectivity index (χ2n) is 5.49. The molecule has 4 aromatic heterocycles. The highest BCUT2D eigenvalue weighted by Crippen LogP contribution is 2.22. The van der Waals surface area contributed by atoms with Gasteiger partial charge >= 0.3 is 0 Å². The fourth-order valence-electron chi connectivity index (χ4n) is 2.60. The van der Waals surface area contributed by atoms with Crippen LogP contribution < -0.4 is 5.32 Å². The third-order valence-electron chi connectivity index (χ3n) is 3.78. The van der Waals surface area contributed by atoms with Gasteiger partial charge in [0.05, 0.1) is 11.4 Å². The molecule has 126 valence electrons. The predicted octanol–water partition coefficient (Wildman–Crippen LogP) is 3.20. The molecule has 4 heterocycles. The lowest BCUT2D eigenvalue weighted by molar-refractivity contribution is 0.0947. The molecule has 8 heteroatoms. The number of fused-ring (bicyclic) bond motifs is 1. The topological polar surface area (TPSA) is 72.2 Å². The minimum absolute atomic E-state index is 0.105. The molecule has 0 saturated heterocycles. The summed E-state index contributed by atoms with van der Waals surface area (Å²) in [6.45, 7) is 2.39. The summed E-state index contributed by atoms with van der Waals surface area (Å²) in [6.07, 6.45) is 6.11. The van der Waals surface area contributed by atoms with Crippen LogP contribution in [0.4, 0.5) is 0 Å². The van der Waals surface area contributed by atoms with E-state index in [9.17, 15) is 4.79 Å². The number of aryl methyl sites for hydroxylation is 1. The Morgan fingerprint density at radius 1 is 1.32 bits per heavy atom. The Bertz CT molecular complexity index is 1020. The van der Waals surface area contributed by atoms with E-state index in [0.29, 0.717) is 18.7 Å². The summed E-state index contributed by atoms with van der Waals surface area (Å²) in [6, 6.07) is 3.89. The Kier molecular flexibility index (Phi) is 4.29. The van der Waals surface area contributed by atoms with E-state index in [1.54, 1.807) is 23.7 Å². The van der Waals surface area contributed by atoms with Crippen LogP contribution in [0.1, 0.15) is 21.9 Å². The van der Waals surface area contributed by atoms with Crippen LogP contribution in [0, 0.1) is 6.92 Å². The number of hydrogen-bond acceptors (Lipinski definition) is 6. The fraction of sp³-hybridized carbons (Fsp3) is 0.176. The van der Waals surface area contributed by atoms with Crippen LogP contribution in [-0.2, 0) is 6.42 Å². The molecule has 0 atom stereocenters. The number of nitrogens with zero attached hydrogens (tertiary/aromatic N) is 4. The molecule has 0 fully saturated rings. The maximum Gasteiger partial charge on any atom is 0.270 e. The summed E-state index contributed by atoms with van der Waals surface area (Å²) >= 11 is 3.11. The van der Waals surface area contributed by atoms with Crippen molar-refractivity contribution in [2.45, 2.75) is 13.3 Å². The molecule has 0 aromatic carbocycles. The van der Waals surface area contributed by atoms with Crippen molar-refractivity contribution in [1.82, 2.24) is 24.7 Å². The van der Waals surface area contributed by atoms with Gasteiger partial charge in [-0.15, -0.1) is 22.7 Å². The van der Waals surface area contributed by atoms with Crippen LogP contribution in [0.15, 0.2) is 41.5 Å². The lowest BCUT2D eigenvalue weighted by Crippen LogP contribution is -2.27. The van der Waals surface area contributed by atoms with Gasteiger partial charge in [0.25, 0.3) is 5.91 Å². The maximum absolute atomic E-state index is 12.5. The lowest BCUT2D eigenvalue weighted by atomic mass is 10.3.